The number of aliphatic hydroxyl groups is 1. The van der Waals surface area contributed by atoms with Crippen molar-refractivity contribution in [1.82, 2.24) is 0 Å². The van der Waals surface area contributed by atoms with Gasteiger partial charge >= 0.3 is 0 Å². The normalized spacial score (nSPS) is 10.4. The second-order valence-corrected chi connectivity index (χ2v) is 4.40. The van der Waals surface area contributed by atoms with Crippen LogP contribution in [0.15, 0.2) is 36.4 Å². The van der Waals surface area contributed by atoms with Gasteiger partial charge in [0, 0.05) is 11.1 Å². The SMILES string of the molecule is OCc1ccc(Oc2ccc(Cl)c(F)c2)cc1Cl. The lowest BCUT2D eigenvalue weighted by Crippen LogP contribution is -1.89. The van der Waals surface area contributed by atoms with E-state index in [1.54, 1.807) is 24.3 Å². The van der Waals surface area contributed by atoms with Crippen LogP contribution < -0.4 is 4.74 Å². The molecule has 94 valence electrons. The molecule has 2 rings (SSSR count). The number of hydrogen-bond donors (Lipinski definition) is 1. The Hall–Kier alpha value is -1.29. The number of benzene rings is 2. The monoisotopic (exact) mass is 286 g/mol. The molecule has 0 spiro atoms. The van der Waals surface area contributed by atoms with Gasteiger partial charge < -0.3 is 9.84 Å². The van der Waals surface area contributed by atoms with Gasteiger partial charge in [-0.15, -0.1) is 0 Å². The highest BCUT2D eigenvalue weighted by Gasteiger charge is 2.05. The van der Waals surface area contributed by atoms with E-state index in [4.69, 9.17) is 33.0 Å². The van der Waals surface area contributed by atoms with Gasteiger partial charge in [-0.2, -0.15) is 0 Å². The van der Waals surface area contributed by atoms with Crippen molar-refractivity contribution in [3.05, 3.63) is 57.8 Å². The number of ether oxygens (including phenoxy) is 1. The predicted octanol–water partition coefficient (Wildman–Crippen LogP) is 4.42. The Kier molecular flexibility index (Phi) is 4.07. The van der Waals surface area contributed by atoms with E-state index < -0.39 is 5.82 Å². The highest BCUT2D eigenvalue weighted by molar-refractivity contribution is 6.31. The Morgan fingerprint density at radius 3 is 2.28 bits per heavy atom. The third-order valence-corrected chi connectivity index (χ3v) is 2.98. The molecule has 0 aromatic heterocycles. The summed E-state index contributed by atoms with van der Waals surface area (Å²) < 4.78 is 18.6. The highest BCUT2D eigenvalue weighted by atomic mass is 35.5. The van der Waals surface area contributed by atoms with Gasteiger partial charge in [0.1, 0.15) is 17.3 Å². The zero-order valence-electron chi connectivity index (χ0n) is 9.16. The molecular weight excluding hydrogens is 278 g/mol. The maximum Gasteiger partial charge on any atom is 0.145 e. The summed E-state index contributed by atoms with van der Waals surface area (Å²) >= 11 is 11.5. The first-order chi connectivity index (χ1) is 8.60. The molecule has 2 nitrogen and oxygen atoms in total. The molecule has 0 saturated heterocycles. The van der Waals surface area contributed by atoms with Crippen LogP contribution in [0, 0.1) is 5.82 Å². The summed E-state index contributed by atoms with van der Waals surface area (Å²) in [5.41, 5.74) is 0.603. The first kappa shape index (κ1) is 13.1. The second-order valence-electron chi connectivity index (χ2n) is 3.59. The molecule has 2 aromatic carbocycles. The quantitative estimate of drug-likeness (QED) is 0.905. The van der Waals surface area contributed by atoms with Gasteiger partial charge in [0.05, 0.1) is 11.6 Å². The number of rotatable bonds is 3. The highest BCUT2D eigenvalue weighted by Crippen LogP contribution is 2.28. The van der Waals surface area contributed by atoms with E-state index in [1.807, 2.05) is 0 Å². The molecular formula is C13H9Cl2FO2. The van der Waals surface area contributed by atoms with Crippen molar-refractivity contribution in [2.45, 2.75) is 6.61 Å². The molecule has 2 aromatic rings. The summed E-state index contributed by atoms with van der Waals surface area (Å²) in [4.78, 5) is 0. The summed E-state index contributed by atoms with van der Waals surface area (Å²) in [6.45, 7) is -0.144. The average molecular weight is 287 g/mol. The fraction of sp³-hybridized carbons (Fsp3) is 0.0769. The molecule has 0 amide bonds. The minimum absolute atomic E-state index is 0.0380. The Labute approximate surface area is 114 Å². The van der Waals surface area contributed by atoms with Crippen molar-refractivity contribution in [3.63, 3.8) is 0 Å². The van der Waals surface area contributed by atoms with E-state index >= 15 is 0 Å². The van der Waals surface area contributed by atoms with Gasteiger partial charge in [-0.3, -0.25) is 0 Å². The molecule has 0 radical (unpaired) electrons. The minimum Gasteiger partial charge on any atom is -0.457 e. The van der Waals surface area contributed by atoms with Gasteiger partial charge in [0.15, 0.2) is 0 Å². The van der Waals surface area contributed by atoms with E-state index in [1.165, 1.54) is 12.1 Å². The first-order valence-electron chi connectivity index (χ1n) is 5.12. The number of halogens is 3. The average Bonchev–Trinajstić information content (AvgIpc) is 2.34. The molecule has 0 atom stereocenters. The van der Waals surface area contributed by atoms with E-state index in [-0.39, 0.29) is 11.6 Å². The molecule has 0 bridgehead atoms. The molecule has 0 aliphatic heterocycles. The van der Waals surface area contributed by atoms with Crippen LogP contribution in [0.5, 0.6) is 11.5 Å². The number of aliphatic hydroxyl groups excluding tert-OH is 1. The molecule has 0 unspecified atom stereocenters. The fourth-order valence-electron chi connectivity index (χ4n) is 1.40. The molecule has 1 N–H and O–H groups in total. The summed E-state index contributed by atoms with van der Waals surface area (Å²) in [7, 11) is 0. The molecule has 0 saturated carbocycles. The summed E-state index contributed by atoms with van der Waals surface area (Å²) in [6, 6.07) is 9.00. The van der Waals surface area contributed by atoms with Crippen LogP contribution in [0.2, 0.25) is 10.0 Å². The summed E-state index contributed by atoms with van der Waals surface area (Å²) in [6.07, 6.45) is 0. The van der Waals surface area contributed by atoms with Crippen molar-refractivity contribution in [2.75, 3.05) is 0 Å². The van der Waals surface area contributed by atoms with Crippen molar-refractivity contribution in [1.29, 1.82) is 0 Å². The standard InChI is InChI=1S/C13H9Cl2FO2/c14-11-4-3-10(6-13(11)16)18-9-2-1-8(7-17)12(15)5-9/h1-6,17H,7H2. The van der Waals surface area contributed by atoms with Crippen LogP contribution in [-0.4, -0.2) is 5.11 Å². The van der Waals surface area contributed by atoms with Gasteiger partial charge in [-0.05, 0) is 29.8 Å². The Morgan fingerprint density at radius 1 is 1.00 bits per heavy atom. The van der Waals surface area contributed by atoms with Crippen LogP contribution in [0.4, 0.5) is 4.39 Å². The van der Waals surface area contributed by atoms with Crippen molar-refractivity contribution >= 4 is 23.2 Å². The van der Waals surface area contributed by atoms with Crippen LogP contribution in [0.1, 0.15) is 5.56 Å². The Morgan fingerprint density at radius 2 is 1.67 bits per heavy atom. The molecule has 0 aliphatic rings. The lowest BCUT2D eigenvalue weighted by atomic mass is 10.2. The third-order valence-electron chi connectivity index (χ3n) is 2.32. The molecule has 0 heterocycles. The van der Waals surface area contributed by atoms with E-state index in [0.717, 1.165) is 0 Å². The molecule has 0 fully saturated rings. The topological polar surface area (TPSA) is 29.5 Å². The van der Waals surface area contributed by atoms with Crippen LogP contribution >= 0.6 is 23.2 Å². The smallest absolute Gasteiger partial charge is 0.145 e. The maximum atomic E-state index is 13.2. The zero-order valence-corrected chi connectivity index (χ0v) is 10.7. The van der Waals surface area contributed by atoms with Crippen LogP contribution in [-0.2, 0) is 6.61 Å². The van der Waals surface area contributed by atoms with E-state index in [2.05, 4.69) is 0 Å². The van der Waals surface area contributed by atoms with E-state index in [9.17, 15) is 4.39 Å². The maximum absolute atomic E-state index is 13.2. The van der Waals surface area contributed by atoms with Gasteiger partial charge in [-0.1, -0.05) is 29.3 Å². The molecule has 0 aliphatic carbocycles. The molecule has 18 heavy (non-hydrogen) atoms. The minimum atomic E-state index is -0.549. The Bertz CT molecular complexity index is 573. The van der Waals surface area contributed by atoms with E-state index in [0.29, 0.717) is 22.1 Å². The largest absolute Gasteiger partial charge is 0.457 e. The Balaban J connectivity index is 2.23. The second kappa shape index (κ2) is 5.57. The van der Waals surface area contributed by atoms with Crippen molar-refractivity contribution in [2.24, 2.45) is 0 Å². The van der Waals surface area contributed by atoms with Gasteiger partial charge in [-0.25, -0.2) is 4.39 Å². The zero-order chi connectivity index (χ0) is 13.1. The predicted molar refractivity (Wildman–Crippen MR) is 68.9 cm³/mol. The van der Waals surface area contributed by atoms with Crippen molar-refractivity contribution in [3.8, 4) is 11.5 Å². The lowest BCUT2D eigenvalue weighted by Gasteiger charge is -2.08. The third kappa shape index (κ3) is 2.93. The molecule has 5 heteroatoms. The van der Waals surface area contributed by atoms with Crippen LogP contribution in [0.3, 0.4) is 0 Å². The first-order valence-corrected chi connectivity index (χ1v) is 5.88. The number of hydrogen-bond acceptors (Lipinski definition) is 2. The van der Waals surface area contributed by atoms with Crippen molar-refractivity contribution < 1.29 is 14.2 Å². The van der Waals surface area contributed by atoms with Gasteiger partial charge in [0.2, 0.25) is 0 Å². The summed E-state index contributed by atoms with van der Waals surface area (Å²) in [5, 5.41) is 9.41. The lowest BCUT2D eigenvalue weighted by molar-refractivity contribution is 0.282. The fourth-order valence-corrected chi connectivity index (χ4v) is 1.74. The van der Waals surface area contributed by atoms with Gasteiger partial charge in [0.25, 0.3) is 0 Å². The summed E-state index contributed by atoms with van der Waals surface area (Å²) in [5.74, 6) is 0.232. The van der Waals surface area contributed by atoms with Crippen LogP contribution in [0.25, 0.3) is 0 Å².